The second-order valence-electron chi connectivity index (χ2n) is 5.81. The van der Waals surface area contributed by atoms with E-state index in [2.05, 4.69) is 15.2 Å². The standard InChI is InChI=1S/C17H16F3N5O2/c1-3-14-21-15(27-23-14)10-24(2)16(26)11-4-6-12(7-5-11)25-9-8-13(22-25)17(18,19)20/h4-9H,3,10H2,1-2H3. The molecule has 142 valence electrons. The Hall–Kier alpha value is -3.17. The molecule has 3 rings (SSSR count). The Balaban J connectivity index is 1.70. The topological polar surface area (TPSA) is 77.0 Å². The summed E-state index contributed by atoms with van der Waals surface area (Å²) in [5.74, 6) is 0.609. The Kier molecular flexibility index (Phi) is 4.98. The van der Waals surface area contributed by atoms with Gasteiger partial charge in [0.25, 0.3) is 5.91 Å². The van der Waals surface area contributed by atoms with Gasteiger partial charge in [0, 0.05) is 25.2 Å². The van der Waals surface area contributed by atoms with Crippen LogP contribution in [0.1, 0.15) is 34.7 Å². The number of hydrogen-bond donors (Lipinski definition) is 0. The molecule has 0 spiro atoms. The quantitative estimate of drug-likeness (QED) is 0.681. The number of carbonyl (C=O) groups is 1. The summed E-state index contributed by atoms with van der Waals surface area (Å²) in [4.78, 5) is 18.0. The average Bonchev–Trinajstić information content (AvgIpc) is 3.30. The number of halogens is 3. The van der Waals surface area contributed by atoms with Crippen molar-refractivity contribution >= 4 is 5.91 Å². The molecule has 0 saturated heterocycles. The zero-order valence-electron chi connectivity index (χ0n) is 14.6. The number of carbonyl (C=O) groups excluding carboxylic acids is 1. The third-order valence-electron chi connectivity index (χ3n) is 3.80. The van der Waals surface area contributed by atoms with Gasteiger partial charge in [-0.25, -0.2) is 4.68 Å². The van der Waals surface area contributed by atoms with Crippen LogP contribution in [0.3, 0.4) is 0 Å². The van der Waals surface area contributed by atoms with Crippen LogP contribution < -0.4 is 0 Å². The van der Waals surface area contributed by atoms with E-state index >= 15 is 0 Å². The summed E-state index contributed by atoms with van der Waals surface area (Å²) in [6, 6.07) is 6.98. The molecule has 0 N–H and O–H groups in total. The highest BCUT2D eigenvalue weighted by atomic mass is 19.4. The molecule has 0 bridgehead atoms. The highest BCUT2D eigenvalue weighted by Gasteiger charge is 2.33. The molecule has 0 atom stereocenters. The van der Waals surface area contributed by atoms with Gasteiger partial charge in [-0.2, -0.15) is 23.3 Å². The fraction of sp³-hybridized carbons (Fsp3) is 0.294. The van der Waals surface area contributed by atoms with Gasteiger partial charge >= 0.3 is 6.18 Å². The SMILES string of the molecule is CCc1noc(CN(C)C(=O)c2ccc(-n3ccc(C(F)(F)F)n3)cc2)n1. The van der Waals surface area contributed by atoms with Gasteiger partial charge < -0.3 is 9.42 Å². The van der Waals surface area contributed by atoms with E-state index in [-0.39, 0.29) is 12.5 Å². The van der Waals surface area contributed by atoms with E-state index in [1.165, 1.54) is 35.4 Å². The second kappa shape index (κ2) is 7.22. The van der Waals surface area contributed by atoms with Crippen LogP contribution in [0.4, 0.5) is 13.2 Å². The Labute approximate surface area is 152 Å². The van der Waals surface area contributed by atoms with E-state index < -0.39 is 11.9 Å². The van der Waals surface area contributed by atoms with Crippen molar-refractivity contribution < 1.29 is 22.5 Å². The number of amides is 1. The van der Waals surface area contributed by atoms with Crippen LogP contribution in [-0.2, 0) is 19.1 Å². The molecule has 3 aromatic rings. The van der Waals surface area contributed by atoms with Gasteiger partial charge in [-0.15, -0.1) is 0 Å². The lowest BCUT2D eigenvalue weighted by molar-refractivity contribution is -0.141. The van der Waals surface area contributed by atoms with Crippen molar-refractivity contribution in [1.29, 1.82) is 0 Å². The van der Waals surface area contributed by atoms with E-state index in [0.717, 1.165) is 10.7 Å². The number of rotatable bonds is 5. The molecule has 10 heteroatoms. The molecule has 0 aliphatic rings. The first-order chi connectivity index (χ1) is 12.8. The molecule has 0 fully saturated rings. The molecule has 1 amide bonds. The van der Waals surface area contributed by atoms with Crippen molar-refractivity contribution in [2.75, 3.05) is 7.05 Å². The number of hydrogen-bond acceptors (Lipinski definition) is 5. The maximum atomic E-state index is 12.6. The molecular formula is C17H16F3N5O2. The summed E-state index contributed by atoms with van der Waals surface area (Å²) in [6.45, 7) is 2.05. The molecule has 2 heterocycles. The Morgan fingerprint density at radius 2 is 1.93 bits per heavy atom. The third kappa shape index (κ3) is 4.15. The highest BCUT2D eigenvalue weighted by Crippen LogP contribution is 2.27. The van der Waals surface area contributed by atoms with E-state index in [4.69, 9.17) is 4.52 Å². The van der Waals surface area contributed by atoms with Gasteiger partial charge in [0.2, 0.25) is 5.89 Å². The fourth-order valence-electron chi connectivity index (χ4n) is 2.37. The van der Waals surface area contributed by atoms with Crippen molar-refractivity contribution in [1.82, 2.24) is 24.8 Å². The Morgan fingerprint density at radius 3 is 2.48 bits per heavy atom. The van der Waals surface area contributed by atoms with Crippen molar-refractivity contribution in [3.05, 3.63) is 59.5 Å². The molecular weight excluding hydrogens is 363 g/mol. The first-order valence-electron chi connectivity index (χ1n) is 8.08. The molecule has 0 radical (unpaired) electrons. The first-order valence-corrected chi connectivity index (χ1v) is 8.08. The summed E-state index contributed by atoms with van der Waals surface area (Å²) in [5, 5.41) is 7.27. The van der Waals surface area contributed by atoms with Crippen LogP contribution in [0.15, 0.2) is 41.1 Å². The minimum Gasteiger partial charge on any atom is -0.337 e. The summed E-state index contributed by atoms with van der Waals surface area (Å²) >= 11 is 0. The van der Waals surface area contributed by atoms with Crippen LogP contribution in [0.2, 0.25) is 0 Å². The summed E-state index contributed by atoms with van der Waals surface area (Å²) < 4.78 is 44.1. The van der Waals surface area contributed by atoms with Gasteiger partial charge in [0.1, 0.15) is 0 Å². The molecule has 0 unspecified atom stereocenters. The lowest BCUT2D eigenvalue weighted by Gasteiger charge is -2.15. The van der Waals surface area contributed by atoms with E-state index in [9.17, 15) is 18.0 Å². The average molecular weight is 379 g/mol. The van der Waals surface area contributed by atoms with Crippen molar-refractivity contribution in [2.45, 2.75) is 26.1 Å². The monoisotopic (exact) mass is 379 g/mol. The lowest BCUT2D eigenvalue weighted by atomic mass is 10.2. The summed E-state index contributed by atoms with van der Waals surface area (Å²) in [7, 11) is 1.59. The molecule has 27 heavy (non-hydrogen) atoms. The van der Waals surface area contributed by atoms with Gasteiger partial charge in [-0.05, 0) is 30.3 Å². The van der Waals surface area contributed by atoms with Crippen molar-refractivity contribution in [3.8, 4) is 5.69 Å². The number of benzene rings is 1. The van der Waals surface area contributed by atoms with Crippen LogP contribution in [0.5, 0.6) is 0 Å². The minimum atomic E-state index is -4.50. The largest absolute Gasteiger partial charge is 0.435 e. The fourth-order valence-corrected chi connectivity index (χ4v) is 2.37. The van der Waals surface area contributed by atoms with Gasteiger partial charge in [0.15, 0.2) is 11.5 Å². The normalized spacial score (nSPS) is 11.6. The van der Waals surface area contributed by atoms with Crippen LogP contribution >= 0.6 is 0 Å². The van der Waals surface area contributed by atoms with Crippen LogP contribution in [0.25, 0.3) is 5.69 Å². The maximum Gasteiger partial charge on any atom is 0.435 e. The van der Waals surface area contributed by atoms with Crippen molar-refractivity contribution in [2.24, 2.45) is 0 Å². The predicted molar refractivity (Wildman–Crippen MR) is 88.0 cm³/mol. The molecule has 1 aromatic carbocycles. The van der Waals surface area contributed by atoms with E-state index in [0.29, 0.717) is 29.4 Å². The number of aromatic nitrogens is 4. The summed E-state index contributed by atoms with van der Waals surface area (Å²) in [5.41, 5.74) is -0.192. The minimum absolute atomic E-state index is 0.154. The van der Waals surface area contributed by atoms with Crippen molar-refractivity contribution in [3.63, 3.8) is 0 Å². The van der Waals surface area contributed by atoms with E-state index in [1.807, 2.05) is 6.92 Å². The number of nitrogens with zero attached hydrogens (tertiary/aromatic N) is 5. The smallest absolute Gasteiger partial charge is 0.337 e. The van der Waals surface area contributed by atoms with Crippen LogP contribution in [0, 0.1) is 0 Å². The molecule has 0 aliphatic carbocycles. The Bertz CT molecular complexity index is 931. The van der Waals surface area contributed by atoms with Crippen LogP contribution in [-0.4, -0.2) is 37.8 Å². The third-order valence-corrected chi connectivity index (χ3v) is 3.80. The first kappa shape index (κ1) is 18.6. The summed E-state index contributed by atoms with van der Waals surface area (Å²) in [6.07, 6.45) is -2.66. The molecule has 2 aromatic heterocycles. The molecule has 7 nitrogen and oxygen atoms in total. The van der Waals surface area contributed by atoms with Gasteiger partial charge in [-0.3, -0.25) is 4.79 Å². The molecule has 0 saturated carbocycles. The maximum absolute atomic E-state index is 12.6. The zero-order chi connectivity index (χ0) is 19.6. The Morgan fingerprint density at radius 1 is 1.22 bits per heavy atom. The lowest BCUT2D eigenvalue weighted by Crippen LogP contribution is -2.26. The molecule has 0 aliphatic heterocycles. The number of alkyl halides is 3. The van der Waals surface area contributed by atoms with E-state index in [1.54, 1.807) is 7.05 Å². The second-order valence-corrected chi connectivity index (χ2v) is 5.81. The van der Waals surface area contributed by atoms with Gasteiger partial charge in [0.05, 0.1) is 12.2 Å². The highest BCUT2D eigenvalue weighted by molar-refractivity contribution is 5.94. The zero-order valence-corrected chi connectivity index (χ0v) is 14.6. The van der Waals surface area contributed by atoms with Gasteiger partial charge in [-0.1, -0.05) is 12.1 Å². The predicted octanol–water partition coefficient (Wildman–Crippen LogP) is 3.11. The number of aryl methyl sites for hydroxylation is 1.